The molecule has 15 atom stereocenters. The molecular weight excluding hydrogens is 1270 g/mol. The normalized spacial score (nSPS) is 25.6. The molecule has 8 aromatic carbocycles. The summed E-state index contributed by atoms with van der Waals surface area (Å²) in [6, 6.07) is 79.4. The van der Waals surface area contributed by atoms with Crippen molar-refractivity contribution in [2.75, 3.05) is 26.4 Å². The summed E-state index contributed by atoms with van der Waals surface area (Å²) < 4.78 is 106. The fourth-order valence-electron chi connectivity index (χ4n) is 12.2. The Morgan fingerprint density at radius 3 is 1.01 bits per heavy atom. The molecule has 0 spiro atoms. The van der Waals surface area contributed by atoms with E-state index in [1.807, 2.05) is 243 Å². The van der Waals surface area contributed by atoms with E-state index in [-0.39, 0.29) is 72.7 Å². The minimum absolute atomic E-state index is 0.0130. The lowest BCUT2D eigenvalue weighted by atomic mass is 9.95. The molecule has 17 nitrogen and oxygen atoms in total. The Labute approximate surface area is 583 Å². The number of aliphatic hydroxyl groups excluding tert-OH is 1. The molecule has 524 valence electrons. The standard InChI is InChI=1S/C81H94O17Si/c1-58(82)93-78-73(89-51-63-37-21-9-22-38-63)70(83)67(55-84-47-59-29-13-5-14-30-59)94-81(78)98-75-71(88-50-62-35-19-8-20-36-62)68(56-85-48-60-31-15-6-16-32-60)96-80(77(75)92-54-66-43-27-12-28-44-66)97-72-69(57-86-49-61-33-17-7-18-34-61)95-79(87-45-46-99(2,3)4)76(91-53-65-41-25-11-26-42-65)74(72)90-52-64-39-23-10-24-40-64/h5-44,67-81,83H,45-57H2,1-4H3/t67-,68-,69-,70-,71+,72-,73+,74+,75+,76-,77-,78+,79-,80+,81+/m1/s1. The molecule has 3 fully saturated rings. The van der Waals surface area contributed by atoms with Crippen LogP contribution in [-0.2, 0) is 129 Å². The fraction of sp³-hybridized carbons (Fsp3) is 0.395. The van der Waals surface area contributed by atoms with Crippen molar-refractivity contribution in [1.29, 1.82) is 0 Å². The van der Waals surface area contributed by atoms with Crippen LogP contribution in [0.5, 0.6) is 0 Å². The molecule has 11 rings (SSSR count). The van der Waals surface area contributed by atoms with Crippen molar-refractivity contribution in [2.24, 2.45) is 0 Å². The zero-order chi connectivity index (χ0) is 68.4. The van der Waals surface area contributed by atoms with Gasteiger partial charge in [0.1, 0.15) is 67.1 Å². The number of esters is 1. The zero-order valence-electron chi connectivity index (χ0n) is 56.9. The highest BCUT2D eigenvalue weighted by Gasteiger charge is 2.57. The van der Waals surface area contributed by atoms with Crippen LogP contribution in [0.2, 0.25) is 25.7 Å². The molecule has 1 N–H and O–H groups in total. The van der Waals surface area contributed by atoms with Crippen molar-refractivity contribution in [3.8, 4) is 0 Å². The van der Waals surface area contributed by atoms with E-state index in [2.05, 4.69) is 19.6 Å². The van der Waals surface area contributed by atoms with Crippen LogP contribution < -0.4 is 0 Å². The van der Waals surface area contributed by atoms with Gasteiger partial charge in [-0.2, -0.15) is 0 Å². The van der Waals surface area contributed by atoms with Gasteiger partial charge in [0.2, 0.25) is 0 Å². The minimum Gasteiger partial charge on any atom is -0.454 e. The Bertz CT molecular complexity index is 3530. The predicted octanol–water partition coefficient (Wildman–Crippen LogP) is 13.2. The van der Waals surface area contributed by atoms with E-state index in [9.17, 15) is 9.90 Å². The number of benzene rings is 8. The van der Waals surface area contributed by atoms with Crippen LogP contribution in [-0.4, -0.2) is 138 Å². The van der Waals surface area contributed by atoms with E-state index in [0.29, 0.717) is 6.61 Å². The first kappa shape index (κ1) is 73.1. The molecular formula is C81H94O17Si. The molecule has 0 bridgehead atoms. The summed E-state index contributed by atoms with van der Waals surface area (Å²) in [6.45, 7) is 9.65. The highest BCUT2D eigenvalue weighted by atomic mass is 28.3. The number of hydrogen-bond acceptors (Lipinski definition) is 17. The summed E-state index contributed by atoms with van der Waals surface area (Å²) in [6.07, 6.45) is -17.3. The van der Waals surface area contributed by atoms with E-state index in [0.717, 1.165) is 50.6 Å². The minimum atomic E-state index is -1.65. The van der Waals surface area contributed by atoms with Gasteiger partial charge in [-0.05, 0) is 50.6 Å². The van der Waals surface area contributed by atoms with Crippen LogP contribution in [0.25, 0.3) is 0 Å². The molecule has 99 heavy (non-hydrogen) atoms. The first-order valence-corrected chi connectivity index (χ1v) is 38.0. The number of carbonyl (C=O) groups excluding carboxylic acids is 1. The number of ether oxygens (including phenoxy) is 15. The SMILES string of the molecule is CC(=O)O[C@@H]1[C@H](O[C@H]2[C@@H](OCc3ccccc3)[C@@H](COCc3ccccc3)O[C@@H](O[C@H]3[C@H](OCc4ccccc4)[C@@H](OCc4ccccc4)[C@H](OCC[Si](C)(C)C)O[C@@H]3COCc3ccccc3)[C@@H]2OCc2ccccc2)O[C@H](COCc2ccccc2)[C@@H](O)[C@@H]1OCc1ccccc1. The fourth-order valence-corrected chi connectivity index (χ4v) is 12.9. The van der Waals surface area contributed by atoms with Gasteiger partial charge in [-0.25, -0.2) is 0 Å². The summed E-state index contributed by atoms with van der Waals surface area (Å²) in [5.41, 5.74) is 7.15. The Balaban J connectivity index is 1.04. The van der Waals surface area contributed by atoms with E-state index >= 15 is 0 Å². The van der Waals surface area contributed by atoms with Gasteiger partial charge in [0.25, 0.3) is 0 Å². The molecule has 0 unspecified atom stereocenters. The van der Waals surface area contributed by atoms with Crippen molar-refractivity contribution in [1.82, 2.24) is 0 Å². The number of carbonyl (C=O) groups is 1. The Kier molecular flexibility index (Phi) is 28.1. The van der Waals surface area contributed by atoms with Crippen molar-refractivity contribution >= 4 is 14.0 Å². The number of hydrogen-bond donors (Lipinski definition) is 1. The summed E-state index contributed by atoms with van der Waals surface area (Å²) >= 11 is 0. The third-order valence-corrected chi connectivity index (χ3v) is 19.1. The van der Waals surface area contributed by atoms with Crippen molar-refractivity contribution in [2.45, 2.75) is 178 Å². The Morgan fingerprint density at radius 2 is 0.626 bits per heavy atom. The maximum absolute atomic E-state index is 13.7. The van der Waals surface area contributed by atoms with Gasteiger partial charge in [0.15, 0.2) is 25.0 Å². The smallest absolute Gasteiger partial charge is 0.303 e. The second kappa shape index (κ2) is 38.0. The number of aliphatic hydroxyl groups is 1. The van der Waals surface area contributed by atoms with Gasteiger partial charge >= 0.3 is 5.97 Å². The molecule has 0 radical (unpaired) electrons. The van der Waals surface area contributed by atoms with Crippen LogP contribution in [0.1, 0.15) is 51.4 Å². The van der Waals surface area contributed by atoms with Crippen LogP contribution in [0.3, 0.4) is 0 Å². The molecule has 18 heteroatoms. The topological polar surface area (TPSA) is 176 Å². The molecule has 0 aromatic heterocycles. The van der Waals surface area contributed by atoms with Gasteiger partial charge in [-0.1, -0.05) is 262 Å². The maximum Gasteiger partial charge on any atom is 0.303 e. The van der Waals surface area contributed by atoms with Gasteiger partial charge in [0.05, 0.1) is 72.7 Å². The van der Waals surface area contributed by atoms with Crippen molar-refractivity contribution < 1.29 is 81.0 Å². The first-order valence-electron chi connectivity index (χ1n) is 34.3. The van der Waals surface area contributed by atoms with Crippen LogP contribution in [0, 0.1) is 0 Å². The van der Waals surface area contributed by atoms with E-state index in [1.165, 1.54) is 6.92 Å². The van der Waals surface area contributed by atoms with Crippen molar-refractivity contribution in [3.05, 3.63) is 287 Å². The van der Waals surface area contributed by atoms with Gasteiger partial charge in [-0.3, -0.25) is 4.79 Å². The molecule has 8 aromatic rings. The third-order valence-electron chi connectivity index (χ3n) is 17.4. The summed E-state index contributed by atoms with van der Waals surface area (Å²) in [5, 5.41) is 12.6. The maximum atomic E-state index is 13.7. The van der Waals surface area contributed by atoms with E-state index < -0.39 is 106 Å². The third kappa shape index (κ3) is 22.4. The Hall–Kier alpha value is -7.15. The molecule has 0 amide bonds. The average molecular weight is 1370 g/mol. The summed E-state index contributed by atoms with van der Waals surface area (Å²) in [5.74, 6) is -0.670. The number of rotatable bonds is 36. The van der Waals surface area contributed by atoms with Gasteiger partial charge in [-0.15, -0.1) is 0 Å². The second-order valence-corrected chi connectivity index (χ2v) is 32.0. The monoisotopic (exact) mass is 1370 g/mol. The molecule has 3 heterocycles. The summed E-state index contributed by atoms with van der Waals surface area (Å²) in [4.78, 5) is 13.7. The molecule has 0 aliphatic carbocycles. The summed E-state index contributed by atoms with van der Waals surface area (Å²) in [7, 11) is -1.65. The van der Waals surface area contributed by atoms with E-state index in [1.54, 1.807) is 0 Å². The molecule has 3 aliphatic rings. The lowest BCUT2D eigenvalue weighted by Crippen LogP contribution is -2.68. The molecule has 3 saturated heterocycles. The quantitative estimate of drug-likeness (QED) is 0.0290. The Morgan fingerprint density at radius 1 is 0.333 bits per heavy atom. The largest absolute Gasteiger partial charge is 0.454 e. The lowest BCUT2D eigenvalue weighted by Gasteiger charge is -2.51. The molecule has 3 aliphatic heterocycles. The van der Waals surface area contributed by atoms with Crippen LogP contribution in [0.4, 0.5) is 0 Å². The van der Waals surface area contributed by atoms with Gasteiger partial charge < -0.3 is 76.2 Å². The van der Waals surface area contributed by atoms with Crippen molar-refractivity contribution in [3.63, 3.8) is 0 Å². The predicted molar refractivity (Wildman–Crippen MR) is 375 cm³/mol. The average Bonchev–Trinajstić information content (AvgIpc) is 0.766. The highest BCUT2D eigenvalue weighted by molar-refractivity contribution is 6.76. The highest BCUT2D eigenvalue weighted by Crippen LogP contribution is 2.39. The first-order chi connectivity index (χ1) is 48.5. The van der Waals surface area contributed by atoms with Crippen LogP contribution in [0.15, 0.2) is 243 Å². The zero-order valence-corrected chi connectivity index (χ0v) is 57.9. The second-order valence-electron chi connectivity index (χ2n) is 26.4. The van der Waals surface area contributed by atoms with E-state index in [4.69, 9.17) is 71.1 Å². The lowest BCUT2D eigenvalue weighted by molar-refractivity contribution is -0.394. The van der Waals surface area contributed by atoms with Gasteiger partial charge in [0, 0.05) is 21.6 Å². The van der Waals surface area contributed by atoms with Crippen LogP contribution >= 0.6 is 0 Å². The molecule has 0 saturated carbocycles.